The Morgan fingerprint density at radius 1 is 0.917 bits per heavy atom. The van der Waals surface area contributed by atoms with Crippen LogP contribution in [0.2, 0.25) is 0 Å². The molecule has 24 heavy (non-hydrogen) atoms. The maximum Gasteiger partial charge on any atom is 0.337 e. The van der Waals surface area contributed by atoms with Gasteiger partial charge in [0.15, 0.2) is 0 Å². The summed E-state index contributed by atoms with van der Waals surface area (Å²) in [4.78, 5) is 22.6. The molecule has 1 aromatic rings. The molecule has 134 valence electrons. The molecule has 0 unspecified atom stereocenters. The maximum atomic E-state index is 11.9. The second kappa shape index (κ2) is 5.86. The van der Waals surface area contributed by atoms with Crippen LogP contribution in [0.25, 0.3) is 0 Å². The number of carbonyl (C=O) groups is 2. The third-order valence-electron chi connectivity index (χ3n) is 3.54. The minimum Gasteiger partial charge on any atom is -0.478 e. The molecule has 0 saturated heterocycles. The molecule has 0 aromatic heterocycles. The van der Waals surface area contributed by atoms with Crippen molar-refractivity contribution in [3.05, 3.63) is 28.3 Å². The van der Waals surface area contributed by atoms with E-state index >= 15 is 0 Å². The molecule has 0 radical (unpaired) electrons. The molecule has 0 spiro atoms. The second-order valence-corrected chi connectivity index (χ2v) is 8.99. The lowest BCUT2D eigenvalue weighted by Crippen LogP contribution is -2.29. The van der Waals surface area contributed by atoms with E-state index in [4.69, 9.17) is 0 Å². The van der Waals surface area contributed by atoms with Crippen LogP contribution in [0.4, 0.5) is 0 Å². The second-order valence-electron chi connectivity index (χ2n) is 7.64. The minimum atomic E-state index is -4.95. The lowest BCUT2D eigenvalue weighted by Gasteiger charge is -2.30. The van der Waals surface area contributed by atoms with Gasteiger partial charge < -0.3 is 10.2 Å². The Hall–Kier alpha value is -1.93. The van der Waals surface area contributed by atoms with E-state index in [9.17, 15) is 32.8 Å². The fourth-order valence-corrected chi connectivity index (χ4v) is 3.71. The molecule has 0 bridgehead atoms. The van der Waals surface area contributed by atoms with Gasteiger partial charge in [0.05, 0.1) is 11.1 Å². The zero-order valence-corrected chi connectivity index (χ0v) is 15.3. The number of benzene rings is 1. The first-order valence-corrected chi connectivity index (χ1v) is 8.59. The Balaban J connectivity index is 4.38. The quantitative estimate of drug-likeness (QED) is 0.708. The Kier molecular flexibility index (Phi) is 4.91. The number of carboxylic acids is 2. The molecule has 7 nitrogen and oxygen atoms in total. The van der Waals surface area contributed by atoms with E-state index in [0.717, 1.165) is 6.07 Å². The van der Waals surface area contributed by atoms with Gasteiger partial charge in [-0.1, -0.05) is 41.5 Å². The summed E-state index contributed by atoms with van der Waals surface area (Å²) in [6.07, 6.45) is 0. The van der Waals surface area contributed by atoms with Gasteiger partial charge >= 0.3 is 11.9 Å². The fourth-order valence-electron chi connectivity index (χ4n) is 2.62. The van der Waals surface area contributed by atoms with E-state index in [1.807, 2.05) is 0 Å². The molecular formula is C16H22O7S. The third-order valence-corrected chi connectivity index (χ3v) is 4.48. The first kappa shape index (κ1) is 20.1. The van der Waals surface area contributed by atoms with Crippen LogP contribution in [0.5, 0.6) is 0 Å². The molecule has 0 heterocycles. The molecule has 3 N–H and O–H groups in total. The largest absolute Gasteiger partial charge is 0.478 e. The van der Waals surface area contributed by atoms with E-state index in [0.29, 0.717) is 0 Å². The van der Waals surface area contributed by atoms with Crippen molar-refractivity contribution in [2.75, 3.05) is 0 Å². The van der Waals surface area contributed by atoms with Gasteiger partial charge in [-0.2, -0.15) is 8.42 Å². The van der Waals surface area contributed by atoms with Crippen molar-refractivity contribution < 1.29 is 32.8 Å². The number of hydrogen-bond donors (Lipinski definition) is 3. The van der Waals surface area contributed by atoms with Crippen LogP contribution in [0, 0.1) is 0 Å². The van der Waals surface area contributed by atoms with Crippen LogP contribution in [0.15, 0.2) is 11.0 Å². The average molecular weight is 358 g/mol. The Morgan fingerprint density at radius 2 is 1.38 bits per heavy atom. The Labute approximate surface area is 141 Å². The van der Waals surface area contributed by atoms with E-state index < -0.39 is 43.3 Å². The van der Waals surface area contributed by atoms with E-state index in [1.54, 1.807) is 41.5 Å². The predicted octanol–water partition coefficient (Wildman–Crippen LogP) is 2.92. The van der Waals surface area contributed by atoms with Gasteiger partial charge in [-0.15, -0.1) is 0 Å². The van der Waals surface area contributed by atoms with Crippen LogP contribution >= 0.6 is 0 Å². The summed E-state index contributed by atoms with van der Waals surface area (Å²) >= 11 is 0. The van der Waals surface area contributed by atoms with Crippen molar-refractivity contribution in [1.29, 1.82) is 0 Å². The monoisotopic (exact) mass is 358 g/mol. The first-order chi connectivity index (χ1) is 10.5. The van der Waals surface area contributed by atoms with Gasteiger partial charge in [0.25, 0.3) is 10.1 Å². The molecule has 0 saturated carbocycles. The number of carboxylic acid groups (broad SMARTS) is 2. The van der Waals surface area contributed by atoms with Crippen LogP contribution in [-0.2, 0) is 20.9 Å². The highest BCUT2D eigenvalue weighted by molar-refractivity contribution is 7.86. The van der Waals surface area contributed by atoms with E-state index in [1.165, 1.54) is 0 Å². The lowest BCUT2D eigenvalue weighted by atomic mass is 9.75. The zero-order valence-electron chi connectivity index (χ0n) is 14.5. The standard InChI is InChI=1S/C16H22O7S/c1-15(2,3)9-7-8(13(17)18)12(24(21,22)23)11(16(4,5)6)10(9)14(19)20/h7H,1-6H3,(H,17,18)(H,19,20)(H,21,22,23). The molecule has 1 aromatic carbocycles. The summed E-state index contributed by atoms with van der Waals surface area (Å²) in [5, 5.41) is 19.1. The molecule has 0 aliphatic heterocycles. The zero-order chi connectivity index (χ0) is 19.2. The van der Waals surface area contributed by atoms with E-state index in [-0.39, 0.29) is 16.7 Å². The van der Waals surface area contributed by atoms with Gasteiger partial charge in [-0.05, 0) is 28.0 Å². The van der Waals surface area contributed by atoms with Crippen molar-refractivity contribution in [1.82, 2.24) is 0 Å². The Morgan fingerprint density at radius 3 is 1.62 bits per heavy atom. The molecule has 8 heteroatoms. The Bertz CT molecular complexity index is 806. The molecule has 0 atom stereocenters. The van der Waals surface area contributed by atoms with Crippen molar-refractivity contribution >= 4 is 22.1 Å². The summed E-state index contributed by atoms with van der Waals surface area (Å²) in [5.41, 5.74) is -2.77. The maximum absolute atomic E-state index is 11.9. The van der Waals surface area contributed by atoms with E-state index in [2.05, 4.69) is 0 Å². The van der Waals surface area contributed by atoms with Crippen molar-refractivity contribution in [3.8, 4) is 0 Å². The number of hydrogen-bond acceptors (Lipinski definition) is 4. The molecule has 0 aliphatic rings. The average Bonchev–Trinajstić information content (AvgIpc) is 2.32. The van der Waals surface area contributed by atoms with Crippen molar-refractivity contribution in [3.63, 3.8) is 0 Å². The number of rotatable bonds is 3. The summed E-state index contributed by atoms with van der Waals surface area (Å²) in [6, 6.07) is 1.02. The van der Waals surface area contributed by atoms with Gasteiger partial charge in [0.2, 0.25) is 0 Å². The van der Waals surface area contributed by atoms with Gasteiger partial charge in [-0.3, -0.25) is 4.55 Å². The highest BCUT2D eigenvalue weighted by atomic mass is 32.2. The summed E-state index contributed by atoms with van der Waals surface area (Å²) < 4.78 is 33.3. The van der Waals surface area contributed by atoms with Crippen molar-refractivity contribution in [2.45, 2.75) is 57.3 Å². The fraction of sp³-hybridized carbons (Fsp3) is 0.500. The summed E-state index contributed by atoms with van der Waals surface area (Å²) in [6.45, 7) is 9.75. The summed E-state index contributed by atoms with van der Waals surface area (Å²) in [5.74, 6) is -2.94. The predicted molar refractivity (Wildman–Crippen MR) is 87.6 cm³/mol. The SMILES string of the molecule is CC(C)(C)c1cc(C(=O)O)c(S(=O)(=O)O)c(C(C)(C)C)c1C(=O)O. The smallest absolute Gasteiger partial charge is 0.337 e. The van der Waals surface area contributed by atoms with Crippen LogP contribution in [-0.4, -0.2) is 35.1 Å². The highest BCUT2D eigenvalue weighted by Gasteiger charge is 2.38. The van der Waals surface area contributed by atoms with Crippen LogP contribution in [0.3, 0.4) is 0 Å². The third kappa shape index (κ3) is 3.76. The normalized spacial score (nSPS) is 13.0. The lowest BCUT2D eigenvalue weighted by molar-refractivity contribution is 0.0672. The first-order valence-electron chi connectivity index (χ1n) is 7.15. The summed E-state index contributed by atoms with van der Waals surface area (Å²) in [7, 11) is -4.95. The highest BCUT2D eigenvalue weighted by Crippen LogP contribution is 2.40. The van der Waals surface area contributed by atoms with Crippen molar-refractivity contribution in [2.24, 2.45) is 0 Å². The number of aromatic carboxylic acids is 2. The van der Waals surface area contributed by atoms with Gasteiger partial charge in [-0.25, -0.2) is 9.59 Å². The van der Waals surface area contributed by atoms with Gasteiger partial charge in [0, 0.05) is 0 Å². The molecule has 1 rings (SSSR count). The molecule has 0 fully saturated rings. The van der Waals surface area contributed by atoms with Crippen LogP contribution in [0.1, 0.15) is 73.4 Å². The molecular weight excluding hydrogens is 336 g/mol. The van der Waals surface area contributed by atoms with Gasteiger partial charge in [0.1, 0.15) is 4.90 Å². The molecule has 0 aliphatic carbocycles. The topological polar surface area (TPSA) is 129 Å². The molecule has 0 amide bonds. The van der Waals surface area contributed by atoms with Crippen LogP contribution < -0.4 is 0 Å². The minimum absolute atomic E-state index is 0.185.